The number of benzene rings is 2. The molecule has 21 heavy (non-hydrogen) atoms. The topological polar surface area (TPSA) is 18.5 Å². The zero-order valence-electron chi connectivity index (χ0n) is 12.8. The normalized spacial score (nSPS) is 10.8. The number of ether oxygens (including phenoxy) is 2. The van der Waals surface area contributed by atoms with E-state index < -0.39 is 0 Å². The van der Waals surface area contributed by atoms with Gasteiger partial charge in [-0.2, -0.15) is 0 Å². The fourth-order valence-corrected chi connectivity index (χ4v) is 2.63. The zero-order chi connectivity index (χ0) is 15.1. The van der Waals surface area contributed by atoms with Crippen LogP contribution in [0.2, 0.25) is 0 Å². The van der Waals surface area contributed by atoms with E-state index in [4.69, 9.17) is 9.47 Å². The second-order valence-electron chi connectivity index (χ2n) is 5.02. The Morgan fingerprint density at radius 2 is 1.86 bits per heavy atom. The van der Waals surface area contributed by atoms with Crippen LogP contribution in [-0.4, -0.2) is 18.5 Å². The molecule has 0 saturated heterocycles. The van der Waals surface area contributed by atoms with Gasteiger partial charge in [0, 0.05) is 10.9 Å². The van der Waals surface area contributed by atoms with Crippen molar-refractivity contribution in [1.82, 2.24) is 0 Å². The lowest BCUT2D eigenvalue weighted by Crippen LogP contribution is -2.01. The summed E-state index contributed by atoms with van der Waals surface area (Å²) in [5, 5.41) is 3.45. The predicted octanol–water partition coefficient (Wildman–Crippen LogP) is 5.35. The maximum atomic E-state index is 5.91. The summed E-state index contributed by atoms with van der Waals surface area (Å²) in [6, 6.07) is 10.5. The lowest BCUT2D eigenvalue weighted by molar-refractivity contribution is 0.316. The van der Waals surface area contributed by atoms with Crippen molar-refractivity contribution in [2.45, 2.75) is 33.1 Å². The van der Waals surface area contributed by atoms with E-state index in [1.807, 2.05) is 0 Å². The van der Waals surface area contributed by atoms with Gasteiger partial charge in [-0.3, -0.25) is 0 Å². The summed E-state index contributed by atoms with van der Waals surface area (Å²) < 4.78 is 11.6. The third-order valence-corrected chi connectivity index (χ3v) is 3.98. The van der Waals surface area contributed by atoms with Gasteiger partial charge < -0.3 is 9.47 Å². The molecule has 0 unspecified atom stereocenters. The predicted molar refractivity (Wildman–Crippen MR) is 93.0 cm³/mol. The lowest BCUT2D eigenvalue weighted by atomic mass is 10.0. The monoisotopic (exact) mass is 350 g/mol. The van der Waals surface area contributed by atoms with Crippen molar-refractivity contribution in [3.05, 3.63) is 35.9 Å². The van der Waals surface area contributed by atoms with Crippen LogP contribution in [0.4, 0.5) is 0 Å². The molecule has 2 aromatic carbocycles. The van der Waals surface area contributed by atoms with Crippen LogP contribution in [0.3, 0.4) is 0 Å². The van der Waals surface area contributed by atoms with Crippen molar-refractivity contribution in [2.75, 3.05) is 18.5 Å². The molecule has 3 heteroatoms. The molecule has 0 N–H and O–H groups in total. The quantitative estimate of drug-likeness (QED) is 0.471. The number of halogens is 1. The van der Waals surface area contributed by atoms with Crippen LogP contribution >= 0.6 is 15.9 Å². The van der Waals surface area contributed by atoms with Crippen LogP contribution in [0, 0.1) is 0 Å². The molecule has 0 fully saturated rings. The Morgan fingerprint density at radius 1 is 1.00 bits per heavy atom. The summed E-state index contributed by atoms with van der Waals surface area (Å²) in [6.07, 6.45) is 3.01. The van der Waals surface area contributed by atoms with E-state index in [-0.39, 0.29) is 0 Å². The van der Waals surface area contributed by atoms with Gasteiger partial charge in [0.15, 0.2) is 0 Å². The molecule has 0 heterocycles. The molecule has 0 radical (unpaired) electrons. The number of aryl methyl sites for hydroxylation is 1. The minimum Gasteiger partial charge on any atom is -0.494 e. The Kier molecular flexibility index (Phi) is 6.37. The Hall–Kier alpha value is -1.22. The summed E-state index contributed by atoms with van der Waals surface area (Å²) in [4.78, 5) is 0. The van der Waals surface area contributed by atoms with Crippen molar-refractivity contribution < 1.29 is 9.47 Å². The molecule has 2 rings (SSSR count). The number of fused-ring (bicyclic) bond motifs is 1. The Labute approximate surface area is 135 Å². The van der Waals surface area contributed by atoms with Crippen molar-refractivity contribution >= 4 is 26.7 Å². The second kappa shape index (κ2) is 8.28. The molecular formula is C18H23BrO2. The Morgan fingerprint density at radius 3 is 2.57 bits per heavy atom. The highest BCUT2D eigenvalue weighted by atomic mass is 79.9. The van der Waals surface area contributed by atoms with Gasteiger partial charge in [-0.1, -0.05) is 41.9 Å². The molecule has 0 aliphatic heterocycles. The molecule has 0 spiro atoms. The van der Waals surface area contributed by atoms with Gasteiger partial charge in [-0.15, -0.1) is 0 Å². The van der Waals surface area contributed by atoms with E-state index in [9.17, 15) is 0 Å². The lowest BCUT2D eigenvalue weighted by Gasteiger charge is -2.14. The molecule has 0 aromatic heterocycles. The van der Waals surface area contributed by atoms with Crippen molar-refractivity contribution in [1.29, 1.82) is 0 Å². The summed E-state index contributed by atoms with van der Waals surface area (Å²) >= 11 is 3.43. The molecule has 0 saturated carbocycles. The van der Waals surface area contributed by atoms with E-state index in [0.29, 0.717) is 0 Å². The molecule has 0 amide bonds. The van der Waals surface area contributed by atoms with Gasteiger partial charge in [0.25, 0.3) is 0 Å². The summed E-state index contributed by atoms with van der Waals surface area (Å²) in [5.74, 6) is 1.95. The summed E-state index contributed by atoms with van der Waals surface area (Å²) in [6.45, 7) is 5.81. The number of alkyl halides is 1. The fourth-order valence-electron chi connectivity index (χ4n) is 2.40. The Bertz CT molecular complexity index is 581. The number of hydrogen-bond acceptors (Lipinski definition) is 2. The average Bonchev–Trinajstić information content (AvgIpc) is 2.52. The maximum absolute atomic E-state index is 5.91. The van der Waals surface area contributed by atoms with Gasteiger partial charge in [-0.25, -0.2) is 0 Å². The van der Waals surface area contributed by atoms with Gasteiger partial charge >= 0.3 is 0 Å². The van der Waals surface area contributed by atoms with Crippen LogP contribution in [0.5, 0.6) is 11.5 Å². The van der Waals surface area contributed by atoms with Crippen LogP contribution in [-0.2, 0) is 6.42 Å². The molecule has 2 aromatic rings. The highest BCUT2D eigenvalue weighted by molar-refractivity contribution is 9.09. The summed E-state index contributed by atoms with van der Waals surface area (Å²) in [5.41, 5.74) is 1.28. The van der Waals surface area contributed by atoms with Gasteiger partial charge in [0.1, 0.15) is 11.5 Å². The van der Waals surface area contributed by atoms with Gasteiger partial charge in [0.05, 0.1) is 13.2 Å². The largest absolute Gasteiger partial charge is 0.494 e. The molecule has 2 nitrogen and oxygen atoms in total. The first-order valence-electron chi connectivity index (χ1n) is 7.67. The van der Waals surface area contributed by atoms with E-state index in [1.54, 1.807) is 0 Å². The van der Waals surface area contributed by atoms with Crippen molar-refractivity contribution in [2.24, 2.45) is 0 Å². The molecule has 0 aliphatic rings. The smallest absolute Gasteiger partial charge is 0.123 e. The SMILES string of the molecule is CCCOc1ccc2c(CC)c(OCCCBr)ccc2c1. The van der Waals surface area contributed by atoms with E-state index in [1.165, 1.54) is 16.3 Å². The maximum Gasteiger partial charge on any atom is 0.123 e. The standard InChI is InChI=1S/C18H23BrO2/c1-3-11-20-15-7-8-17-14(13-15)6-9-18(16(17)4-2)21-12-5-10-19/h6-9,13H,3-5,10-12H2,1-2H3. The zero-order valence-corrected chi connectivity index (χ0v) is 14.4. The van der Waals surface area contributed by atoms with Gasteiger partial charge in [0.2, 0.25) is 0 Å². The molecule has 114 valence electrons. The summed E-state index contributed by atoms with van der Waals surface area (Å²) in [7, 11) is 0. The van der Waals surface area contributed by atoms with Crippen LogP contribution in [0.15, 0.2) is 30.3 Å². The molecular weight excluding hydrogens is 328 g/mol. The molecule has 0 bridgehead atoms. The highest BCUT2D eigenvalue weighted by Crippen LogP contribution is 2.31. The van der Waals surface area contributed by atoms with Crippen LogP contribution in [0.1, 0.15) is 32.3 Å². The molecule has 0 aliphatic carbocycles. The van der Waals surface area contributed by atoms with E-state index >= 15 is 0 Å². The van der Waals surface area contributed by atoms with Gasteiger partial charge in [-0.05, 0) is 48.2 Å². The van der Waals surface area contributed by atoms with E-state index in [2.05, 4.69) is 60.1 Å². The first kappa shape index (κ1) is 16.2. The number of rotatable bonds is 8. The van der Waals surface area contributed by atoms with Crippen molar-refractivity contribution in [3.63, 3.8) is 0 Å². The number of hydrogen-bond donors (Lipinski definition) is 0. The first-order chi connectivity index (χ1) is 10.3. The minimum atomic E-state index is 0.751. The van der Waals surface area contributed by atoms with E-state index in [0.717, 1.165) is 49.3 Å². The van der Waals surface area contributed by atoms with Crippen LogP contribution in [0.25, 0.3) is 10.8 Å². The third-order valence-electron chi connectivity index (χ3n) is 3.42. The first-order valence-corrected chi connectivity index (χ1v) is 8.79. The van der Waals surface area contributed by atoms with Crippen LogP contribution < -0.4 is 9.47 Å². The minimum absolute atomic E-state index is 0.751. The average molecular weight is 351 g/mol. The fraction of sp³-hybridized carbons (Fsp3) is 0.444. The second-order valence-corrected chi connectivity index (χ2v) is 5.81. The Balaban J connectivity index is 2.29. The highest BCUT2D eigenvalue weighted by Gasteiger charge is 2.08. The third kappa shape index (κ3) is 4.13. The molecule has 0 atom stereocenters. The van der Waals surface area contributed by atoms with Crippen molar-refractivity contribution in [3.8, 4) is 11.5 Å².